The number of ether oxygens (including phenoxy) is 6. The number of methoxy groups -OCH3 is 6. The summed E-state index contributed by atoms with van der Waals surface area (Å²) < 4.78 is 31.1. The van der Waals surface area contributed by atoms with E-state index in [0.29, 0.717) is 56.6 Å². The molecule has 6 aromatic carbocycles. The van der Waals surface area contributed by atoms with Crippen LogP contribution in [0.5, 0.6) is 46.0 Å². The van der Waals surface area contributed by atoms with Gasteiger partial charge in [-0.2, -0.15) is 0 Å². The van der Waals surface area contributed by atoms with E-state index in [1.165, 1.54) is 55.7 Å². The van der Waals surface area contributed by atoms with E-state index >= 15 is 0 Å². The molecule has 0 aromatic heterocycles. The largest absolute Gasteiger partial charge is 0.507 e. The molecule has 0 aliphatic carbocycles. The van der Waals surface area contributed by atoms with Gasteiger partial charge in [-0.25, -0.2) is 0 Å². The molecule has 0 heterocycles. The van der Waals surface area contributed by atoms with Crippen LogP contribution in [0.4, 0.5) is 0 Å². The maximum atomic E-state index is 12.6. The number of allylic oxidation sites excluding steroid dienone is 1. The van der Waals surface area contributed by atoms with Gasteiger partial charge in [-0.3, -0.25) is 14.4 Å². The lowest BCUT2D eigenvalue weighted by Gasteiger charge is -2.12. The zero-order chi connectivity index (χ0) is 40.1. The number of hydrogen-bond donors (Lipinski definition) is 2. The average Bonchev–Trinajstić information content (AvgIpc) is 3.22. The van der Waals surface area contributed by atoms with Crippen molar-refractivity contribution < 1.29 is 53.0 Å². The number of benzene rings is 6. The number of fused-ring (bicyclic) bond motifs is 2. The fourth-order valence-corrected chi connectivity index (χ4v) is 5.62. The van der Waals surface area contributed by atoms with Crippen molar-refractivity contribution in [2.24, 2.45) is 0 Å². The molecule has 2 N–H and O–H groups in total. The number of hydrogen-bond acceptors (Lipinski definition) is 11. The Morgan fingerprint density at radius 3 is 1.32 bits per heavy atom. The van der Waals surface area contributed by atoms with Crippen LogP contribution in [0.3, 0.4) is 0 Å². The van der Waals surface area contributed by atoms with Crippen molar-refractivity contribution in [3.63, 3.8) is 0 Å². The minimum absolute atomic E-state index is 0. The molecule has 0 spiro atoms. The maximum absolute atomic E-state index is 12.6. The van der Waals surface area contributed by atoms with Crippen molar-refractivity contribution in [1.82, 2.24) is 0 Å². The Balaban J connectivity index is 0.000000245. The van der Waals surface area contributed by atoms with Crippen molar-refractivity contribution >= 4 is 45.5 Å². The Morgan fingerprint density at radius 1 is 0.536 bits per heavy atom. The molecule has 11 heteroatoms. The molecule has 0 unspecified atom stereocenters. The van der Waals surface area contributed by atoms with Gasteiger partial charge in [0.2, 0.25) is 11.5 Å². The van der Waals surface area contributed by atoms with Gasteiger partial charge in [0.25, 0.3) is 0 Å². The molecule has 0 amide bonds. The molecule has 6 rings (SSSR count). The summed E-state index contributed by atoms with van der Waals surface area (Å²) in [5.41, 5.74) is 1.82. The summed E-state index contributed by atoms with van der Waals surface area (Å²) in [5, 5.41) is 23.4. The van der Waals surface area contributed by atoms with Crippen LogP contribution < -0.4 is 28.4 Å². The normalized spacial score (nSPS) is 10.2. The molecule has 6 aromatic rings. The number of aldehydes is 1. The minimum atomic E-state index is -0.299. The molecule has 0 saturated carbocycles. The van der Waals surface area contributed by atoms with E-state index in [1.807, 2.05) is 48.5 Å². The molecule has 0 aliphatic rings. The molecule has 0 bridgehead atoms. The van der Waals surface area contributed by atoms with Crippen LogP contribution in [0.15, 0.2) is 103 Å². The number of carbonyl (C=O) groups is 3. The van der Waals surface area contributed by atoms with Crippen LogP contribution in [0.25, 0.3) is 27.6 Å². The zero-order valence-corrected chi connectivity index (χ0v) is 31.5. The van der Waals surface area contributed by atoms with E-state index in [4.69, 9.17) is 28.4 Å². The lowest BCUT2D eigenvalue weighted by atomic mass is 10.0. The van der Waals surface area contributed by atoms with Gasteiger partial charge in [0.05, 0.1) is 53.8 Å². The van der Waals surface area contributed by atoms with Gasteiger partial charge < -0.3 is 38.6 Å². The highest BCUT2D eigenvalue weighted by atomic mass is 16.5. The Morgan fingerprint density at radius 2 is 0.929 bits per heavy atom. The SMILES string of the molecule is C.CC(=O)c1ccc2ccccc2c1O.COc1cc(/C=C/C(=O)c2ccc3ccccc3c2O)cc(OC)c1OC.COc1cc(C=O)cc(OC)c1OC. The summed E-state index contributed by atoms with van der Waals surface area (Å²) in [6.07, 6.45) is 3.77. The summed E-state index contributed by atoms with van der Waals surface area (Å²) in [6.45, 7) is 1.45. The third kappa shape index (κ3) is 9.94. The quantitative estimate of drug-likeness (QED) is 0.0739. The van der Waals surface area contributed by atoms with Crippen molar-refractivity contribution in [3.05, 3.63) is 125 Å². The Labute approximate surface area is 326 Å². The van der Waals surface area contributed by atoms with Gasteiger partial charge in [-0.1, -0.05) is 74.2 Å². The van der Waals surface area contributed by atoms with E-state index in [0.717, 1.165) is 22.4 Å². The summed E-state index contributed by atoms with van der Waals surface area (Å²) in [6, 6.07) is 28.4. The molecule has 0 fully saturated rings. The first-order valence-corrected chi connectivity index (χ1v) is 16.8. The minimum Gasteiger partial charge on any atom is -0.507 e. The maximum Gasteiger partial charge on any atom is 0.203 e. The van der Waals surface area contributed by atoms with Crippen molar-refractivity contribution in [2.45, 2.75) is 14.4 Å². The number of aromatic hydroxyl groups is 2. The topological polar surface area (TPSA) is 147 Å². The van der Waals surface area contributed by atoms with E-state index in [2.05, 4.69) is 0 Å². The zero-order valence-electron chi connectivity index (χ0n) is 31.5. The molecule has 0 saturated heterocycles. The number of ketones is 2. The summed E-state index contributed by atoms with van der Waals surface area (Å²) >= 11 is 0. The van der Waals surface area contributed by atoms with Crippen molar-refractivity contribution in [2.75, 3.05) is 42.7 Å². The number of carbonyl (C=O) groups excluding carboxylic acids is 3. The molecule has 0 radical (unpaired) electrons. The van der Waals surface area contributed by atoms with E-state index in [-0.39, 0.29) is 36.1 Å². The first-order valence-electron chi connectivity index (χ1n) is 16.8. The highest BCUT2D eigenvalue weighted by Crippen LogP contribution is 2.39. The number of rotatable bonds is 11. The summed E-state index contributed by atoms with van der Waals surface area (Å²) in [4.78, 5) is 34.3. The Kier molecular flexibility index (Phi) is 15.8. The van der Waals surface area contributed by atoms with E-state index in [1.54, 1.807) is 54.6 Å². The third-order valence-electron chi connectivity index (χ3n) is 8.38. The van der Waals surface area contributed by atoms with Gasteiger partial charge in [-0.05, 0) is 65.7 Å². The Bertz CT molecular complexity index is 2290. The van der Waals surface area contributed by atoms with Crippen LogP contribution in [-0.2, 0) is 0 Å². The van der Waals surface area contributed by atoms with Gasteiger partial charge in [-0.15, -0.1) is 0 Å². The molecular weight excluding hydrogens is 716 g/mol. The fourth-order valence-electron chi connectivity index (χ4n) is 5.62. The molecule has 0 aliphatic heterocycles. The third-order valence-corrected chi connectivity index (χ3v) is 8.38. The van der Waals surface area contributed by atoms with Crippen molar-refractivity contribution in [1.29, 1.82) is 0 Å². The van der Waals surface area contributed by atoms with E-state index in [9.17, 15) is 24.6 Å². The number of Topliss-reactive ketones (excluding diaryl/α,β-unsaturated/α-hetero) is 1. The van der Waals surface area contributed by atoms with Gasteiger partial charge in [0.15, 0.2) is 34.6 Å². The summed E-state index contributed by atoms with van der Waals surface area (Å²) in [5.74, 6) is 2.57. The van der Waals surface area contributed by atoms with Crippen molar-refractivity contribution in [3.8, 4) is 46.0 Å². The highest BCUT2D eigenvalue weighted by Gasteiger charge is 2.15. The van der Waals surface area contributed by atoms with Crippen LogP contribution in [0.2, 0.25) is 0 Å². The number of phenolic OH excluding ortho intramolecular Hbond substituents is 2. The average molecular weight is 763 g/mol. The van der Waals surface area contributed by atoms with Crippen LogP contribution >= 0.6 is 0 Å². The second-order valence-electron chi connectivity index (χ2n) is 11.7. The molecule has 56 heavy (non-hydrogen) atoms. The molecule has 0 atom stereocenters. The predicted octanol–water partition coefficient (Wildman–Crippen LogP) is 9.38. The molecule has 11 nitrogen and oxygen atoms in total. The Hall–Kier alpha value is -7.01. The lowest BCUT2D eigenvalue weighted by molar-refractivity contribution is 0.101. The standard InChI is InChI=1S/C22H20O5.C12H10O2.C10H12O4.CH4/c1-25-19-12-14(13-20(26-2)22(19)27-3)8-11-18(23)17-10-9-15-6-4-5-7-16(15)21(17)24;1-8(13)10-7-6-9-4-2-3-5-11(9)12(10)14;1-12-8-4-7(6-11)5-9(13-2)10(8)14-3;/h4-13,24H,1-3H3;2-7,14H,1H3;4-6H,1-3H3;1H4/b11-8+;;;. The van der Waals surface area contributed by atoms with Gasteiger partial charge in [0, 0.05) is 16.3 Å². The number of phenols is 2. The van der Waals surface area contributed by atoms with E-state index < -0.39 is 0 Å². The first kappa shape index (κ1) is 43.4. The lowest BCUT2D eigenvalue weighted by Crippen LogP contribution is -1.97. The smallest absolute Gasteiger partial charge is 0.203 e. The fraction of sp³-hybridized carbons (Fsp3) is 0.178. The van der Waals surface area contributed by atoms with Crippen LogP contribution in [0, 0.1) is 0 Å². The monoisotopic (exact) mass is 762 g/mol. The second-order valence-corrected chi connectivity index (χ2v) is 11.7. The van der Waals surface area contributed by atoms with Crippen LogP contribution in [0.1, 0.15) is 51.0 Å². The summed E-state index contributed by atoms with van der Waals surface area (Å²) in [7, 11) is 9.12. The first-order chi connectivity index (χ1) is 26.5. The highest BCUT2D eigenvalue weighted by molar-refractivity contribution is 6.12. The predicted molar refractivity (Wildman–Crippen MR) is 219 cm³/mol. The molecule has 292 valence electrons. The van der Waals surface area contributed by atoms with Gasteiger partial charge in [0.1, 0.15) is 17.8 Å². The van der Waals surface area contributed by atoms with Gasteiger partial charge >= 0.3 is 0 Å². The van der Waals surface area contributed by atoms with Crippen LogP contribution in [-0.4, -0.2) is 70.7 Å². The molecular formula is C45H46O11. The second kappa shape index (κ2) is 20.4.